The molecule has 0 spiro atoms. The van der Waals surface area contributed by atoms with E-state index in [1.165, 1.54) is 18.4 Å². The number of hydrogen-bond acceptors (Lipinski definition) is 5. The SMILES string of the molecule is CN(Cc1noc2c1CCCC2)C(=O)C[C@@H]1COCCN1. The minimum atomic E-state index is 0.116. The number of carbonyl (C=O) groups is 1. The molecule has 116 valence electrons. The number of aryl methyl sites for hydroxylation is 1. The summed E-state index contributed by atoms with van der Waals surface area (Å²) in [7, 11) is 1.83. The third-order valence-corrected chi connectivity index (χ3v) is 4.26. The molecule has 1 aromatic heterocycles. The van der Waals surface area contributed by atoms with E-state index >= 15 is 0 Å². The zero-order valence-electron chi connectivity index (χ0n) is 12.6. The number of ether oxygens (including phenoxy) is 1. The van der Waals surface area contributed by atoms with E-state index in [2.05, 4.69) is 10.5 Å². The molecule has 1 aliphatic heterocycles. The lowest BCUT2D eigenvalue weighted by Crippen LogP contribution is -2.44. The first-order valence-corrected chi connectivity index (χ1v) is 7.75. The molecule has 2 heterocycles. The van der Waals surface area contributed by atoms with Crippen LogP contribution in [0.5, 0.6) is 0 Å². The van der Waals surface area contributed by atoms with Crippen molar-refractivity contribution in [1.29, 1.82) is 0 Å². The second-order valence-electron chi connectivity index (χ2n) is 5.92. The smallest absolute Gasteiger partial charge is 0.224 e. The molecular formula is C15H23N3O3. The summed E-state index contributed by atoms with van der Waals surface area (Å²) < 4.78 is 10.8. The van der Waals surface area contributed by atoms with E-state index in [4.69, 9.17) is 9.26 Å². The van der Waals surface area contributed by atoms with Gasteiger partial charge in [0.25, 0.3) is 0 Å². The van der Waals surface area contributed by atoms with Gasteiger partial charge in [0.2, 0.25) is 5.91 Å². The molecule has 1 atom stereocenters. The number of amides is 1. The molecule has 1 fully saturated rings. The highest BCUT2D eigenvalue weighted by Crippen LogP contribution is 2.24. The van der Waals surface area contributed by atoms with E-state index < -0.39 is 0 Å². The summed E-state index contributed by atoms with van der Waals surface area (Å²) in [5, 5.41) is 7.46. The number of hydrogen-bond donors (Lipinski definition) is 1. The number of nitrogens with zero attached hydrogens (tertiary/aromatic N) is 2. The van der Waals surface area contributed by atoms with Crippen molar-refractivity contribution in [1.82, 2.24) is 15.4 Å². The van der Waals surface area contributed by atoms with E-state index in [0.29, 0.717) is 19.6 Å². The van der Waals surface area contributed by atoms with Gasteiger partial charge in [0.05, 0.1) is 19.8 Å². The molecule has 21 heavy (non-hydrogen) atoms. The number of nitrogens with one attached hydrogen (secondary N) is 1. The number of morpholine rings is 1. The highest BCUT2D eigenvalue weighted by molar-refractivity contribution is 5.76. The molecule has 0 bridgehead atoms. The van der Waals surface area contributed by atoms with Gasteiger partial charge in [-0.1, -0.05) is 5.16 Å². The van der Waals surface area contributed by atoms with Gasteiger partial charge >= 0.3 is 0 Å². The molecular weight excluding hydrogens is 270 g/mol. The maximum atomic E-state index is 12.3. The monoisotopic (exact) mass is 293 g/mol. The van der Waals surface area contributed by atoms with E-state index in [1.807, 2.05) is 7.05 Å². The third kappa shape index (κ3) is 3.44. The molecule has 0 saturated carbocycles. The summed E-state index contributed by atoms with van der Waals surface area (Å²) in [5.41, 5.74) is 2.15. The van der Waals surface area contributed by atoms with Crippen molar-refractivity contribution < 1.29 is 14.1 Å². The zero-order valence-corrected chi connectivity index (χ0v) is 12.6. The van der Waals surface area contributed by atoms with Crippen molar-refractivity contribution in [3.8, 4) is 0 Å². The van der Waals surface area contributed by atoms with Gasteiger partial charge in [0, 0.05) is 38.0 Å². The van der Waals surface area contributed by atoms with E-state index in [0.717, 1.165) is 37.4 Å². The van der Waals surface area contributed by atoms with Crippen LogP contribution in [0.1, 0.15) is 36.3 Å². The first-order chi connectivity index (χ1) is 10.2. The summed E-state index contributed by atoms with van der Waals surface area (Å²) >= 11 is 0. The molecule has 6 heteroatoms. The van der Waals surface area contributed by atoms with Crippen LogP contribution in [0.25, 0.3) is 0 Å². The number of fused-ring (bicyclic) bond motifs is 1. The van der Waals surface area contributed by atoms with Crippen molar-refractivity contribution in [3.05, 3.63) is 17.0 Å². The first kappa shape index (κ1) is 14.5. The Morgan fingerprint density at radius 3 is 3.10 bits per heavy atom. The largest absolute Gasteiger partial charge is 0.378 e. The van der Waals surface area contributed by atoms with Crippen LogP contribution in [0.2, 0.25) is 0 Å². The Kier molecular flexibility index (Phi) is 4.55. The van der Waals surface area contributed by atoms with Crippen molar-refractivity contribution in [3.63, 3.8) is 0 Å². The van der Waals surface area contributed by atoms with Crippen LogP contribution in [0.3, 0.4) is 0 Å². The van der Waals surface area contributed by atoms with Crippen LogP contribution in [0.4, 0.5) is 0 Å². The third-order valence-electron chi connectivity index (χ3n) is 4.26. The minimum Gasteiger partial charge on any atom is -0.378 e. The molecule has 6 nitrogen and oxygen atoms in total. The number of aromatic nitrogens is 1. The zero-order chi connectivity index (χ0) is 14.7. The van der Waals surface area contributed by atoms with Crippen molar-refractivity contribution >= 4 is 5.91 Å². The molecule has 1 N–H and O–H groups in total. The van der Waals surface area contributed by atoms with Crippen LogP contribution in [0, 0.1) is 0 Å². The predicted octanol–water partition coefficient (Wildman–Crippen LogP) is 0.890. The molecule has 1 aliphatic carbocycles. The van der Waals surface area contributed by atoms with Crippen LogP contribution in [-0.4, -0.2) is 48.8 Å². The van der Waals surface area contributed by atoms with Gasteiger partial charge in [-0.25, -0.2) is 0 Å². The van der Waals surface area contributed by atoms with Crippen molar-refractivity contribution in [2.45, 2.75) is 44.7 Å². The molecule has 0 radical (unpaired) electrons. The summed E-state index contributed by atoms with van der Waals surface area (Å²) in [6, 6.07) is 0.125. The van der Waals surface area contributed by atoms with Gasteiger partial charge < -0.3 is 19.5 Å². The second-order valence-corrected chi connectivity index (χ2v) is 5.92. The Balaban J connectivity index is 1.56. The molecule has 1 amide bonds. The van der Waals surface area contributed by atoms with Crippen LogP contribution in [-0.2, 0) is 28.9 Å². The van der Waals surface area contributed by atoms with Crippen LogP contribution in [0.15, 0.2) is 4.52 Å². The topological polar surface area (TPSA) is 67.6 Å². The fraction of sp³-hybridized carbons (Fsp3) is 0.733. The lowest BCUT2D eigenvalue weighted by Gasteiger charge is -2.25. The highest BCUT2D eigenvalue weighted by atomic mass is 16.5. The minimum absolute atomic E-state index is 0.116. The maximum Gasteiger partial charge on any atom is 0.224 e. The summed E-state index contributed by atoms with van der Waals surface area (Å²) in [6.45, 7) is 2.69. The molecule has 2 aliphatic rings. The Hall–Kier alpha value is -1.40. The molecule has 0 unspecified atom stereocenters. The van der Waals surface area contributed by atoms with Gasteiger partial charge in [-0.3, -0.25) is 4.79 Å². The van der Waals surface area contributed by atoms with Crippen molar-refractivity contribution in [2.75, 3.05) is 26.8 Å². The molecule has 0 aromatic carbocycles. The summed E-state index contributed by atoms with van der Waals surface area (Å²) in [4.78, 5) is 14.0. The molecule has 3 rings (SSSR count). The Morgan fingerprint density at radius 2 is 2.29 bits per heavy atom. The first-order valence-electron chi connectivity index (χ1n) is 7.75. The lowest BCUT2D eigenvalue weighted by molar-refractivity contribution is -0.131. The number of rotatable bonds is 4. The summed E-state index contributed by atoms with van der Waals surface area (Å²) in [5.74, 6) is 1.13. The second kappa shape index (κ2) is 6.58. The fourth-order valence-corrected chi connectivity index (χ4v) is 3.00. The van der Waals surface area contributed by atoms with Gasteiger partial charge in [-0.15, -0.1) is 0 Å². The average Bonchev–Trinajstić information content (AvgIpc) is 2.91. The highest BCUT2D eigenvalue weighted by Gasteiger charge is 2.23. The molecule has 1 aromatic rings. The number of carbonyl (C=O) groups excluding carboxylic acids is 1. The normalized spacial score (nSPS) is 21.9. The maximum absolute atomic E-state index is 12.3. The standard InChI is InChI=1S/C15H23N3O3/c1-18(15(19)8-11-10-20-7-6-16-11)9-13-12-4-2-3-5-14(12)21-17-13/h11,16H,2-10H2,1H3/t11-/m1/s1. The van der Waals surface area contributed by atoms with Crippen molar-refractivity contribution in [2.24, 2.45) is 0 Å². The predicted molar refractivity (Wildman–Crippen MR) is 76.8 cm³/mol. The van der Waals surface area contributed by atoms with Gasteiger partial charge in [0.15, 0.2) is 0 Å². The molecule has 1 saturated heterocycles. The lowest BCUT2D eigenvalue weighted by atomic mass is 9.96. The Morgan fingerprint density at radius 1 is 1.43 bits per heavy atom. The van der Waals surface area contributed by atoms with Crippen LogP contribution < -0.4 is 5.32 Å². The van der Waals surface area contributed by atoms with Gasteiger partial charge in [-0.05, 0) is 19.3 Å². The quantitative estimate of drug-likeness (QED) is 0.893. The van der Waals surface area contributed by atoms with Crippen LogP contribution >= 0.6 is 0 Å². The van der Waals surface area contributed by atoms with E-state index in [1.54, 1.807) is 4.90 Å². The Labute approximate surface area is 124 Å². The fourth-order valence-electron chi connectivity index (χ4n) is 3.00. The average molecular weight is 293 g/mol. The van der Waals surface area contributed by atoms with E-state index in [9.17, 15) is 4.79 Å². The van der Waals surface area contributed by atoms with E-state index in [-0.39, 0.29) is 11.9 Å². The summed E-state index contributed by atoms with van der Waals surface area (Å²) in [6.07, 6.45) is 4.82. The Bertz CT molecular complexity index is 494. The van der Waals surface area contributed by atoms with Gasteiger partial charge in [0.1, 0.15) is 11.5 Å². The van der Waals surface area contributed by atoms with Gasteiger partial charge in [-0.2, -0.15) is 0 Å².